The van der Waals surface area contributed by atoms with Crippen LogP contribution in [0.3, 0.4) is 0 Å². The van der Waals surface area contributed by atoms with Crippen LogP contribution in [0.25, 0.3) is 0 Å². The third kappa shape index (κ3) is 3.58. The number of anilines is 2. The minimum absolute atomic E-state index is 0.368. The van der Waals surface area contributed by atoms with E-state index in [4.69, 9.17) is 27.8 Å². The number of nitrogens with two attached hydrogens (primary N) is 2. The molecule has 0 aromatic heterocycles. The molecule has 0 aliphatic heterocycles. The van der Waals surface area contributed by atoms with E-state index in [1.807, 2.05) is 12.1 Å². The number of carbonyl (C=O) groups is 1. The average Bonchev–Trinajstić information content (AvgIpc) is 2.46. The largest absolute Gasteiger partial charge is 0.496 e. The van der Waals surface area contributed by atoms with E-state index in [0.29, 0.717) is 28.5 Å². The van der Waals surface area contributed by atoms with Gasteiger partial charge in [-0.3, -0.25) is 4.79 Å². The molecule has 1 amide bonds. The van der Waals surface area contributed by atoms with Crippen molar-refractivity contribution in [1.82, 2.24) is 0 Å². The number of nitrogens with one attached hydrogen (secondary N) is 1. The number of hydrogen-bond donors (Lipinski definition) is 3. The molecule has 6 heteroatoms. The normalized spacial score (nSPS) is 10.2. The van der Waals surface area contributed by atoms with E-state index in [9.17, 15) is 4.79 Å². The van der Waals surface area contributed by atoms with Gasteiger partial charge in [-0.2, -0.15) is 0 Å². The summed E-state index contributed by atoms with van der Waals surface area (Å²) in [7, 11) is 1.60. The van der Waals surface area contributed by atoms with Crippen molar-refractivity contribution < 1.29 is 9.53 Å². The van der Waals surface area contributed by atoms with Gasteiger partial charge in [0, 0.05) is 23.4 Å². The zero-order chi connectivity index (χ0) is 15.4. The Morgan fingerprint density at radius 2 is 2.05 bits per heavy atom. The first kappa shape index (κ1) is 15.0. The highest BCUT2D eigenvalue weighted by atomic mass is 35.5. The van der Waals surface area contributed by atoms with Crippen LogP contribution in [0.2, 0.25) is 5.02 Å². The van der Waals surface area contributed by atoms with E-state index in [2.05, 4.69) is 5.32 Å². The summed E-state index contributed by atoms with van der Waals surface area (Å²) in [6.07, 6.45) is 0. The van der Waals surface area contributed by atoms with Crippen molar-refractivity contribution in [1.29, 1.82) is 0 Å². The number of benzene rings is 2. The first-order chi connectivity index (χ1) is 10.0. The van der Waals surface area contributed by atoms with Crippen LogP contribution in [0.4, 0.5) is 11.4 Å². The smallest absolute Gasteiger partial charge is 0.248 e. The number of methoxy groups -OCH3 is 1. The number of primary amides is 1. The van der Waals surface area contributed by atoms with Gasteiger partial charge in [0.1, 0.15) is 5.75 Å². The molecule has 2 aromatic carbocycles. The molecule has 0 radical (unpaired) electrons. The van der Waals surface area contributed by atoms with Crippen LogP contribution in [0.1, 0.15) is 15.9 Å². The second kappa shape index (κ2) is 6.37. The molecule has 0 unspecified atom stereocenters. The fourth-order valence-electron chi connectivity index (χ4n) is 1.94. The molecule has 0 fully saturated rings. The lowest BCUT2D eigenvalue weighted by atomic mass is 10.1. The van der Waals surface area contributed by atoms with Crippen LogP contribution < -0.4 is 21.5 Å². The summed E-state index contributed by atoms with van der Waals surface area (Å²) >= 11 is 6.12. The van der Waals surface area contributed by atoms with Gasteiger partial charge in [0.15, 0.2) is 0 Å². The molecular formula is C15H16ClN3O2. The van der Waals surface area contributed by atoms with Crippen molar-refractivity contribution in [2.75, 3.05) is 18.2 Å². The molecule has 0 heterocycles. The number of carbonyl (C=O) groups excluding carboxylic acids is 1. The Kier molecular flexibility index (Phi) is 4.55. The van der Waals surface area contributed by atoms with E-state index >= 15 is 0 Å². The summed E-state index contributed by atoms with van der Waals surface area (Å²) in [4.78, 5) is 11.1. The molecule has 0 saturated carbocycles. The maximum Gasteiger partial charge on any atom is 0.248 e. The molecule has 0 aliphatic carbocycles. The summed E-state index contributed by atoms with van der Waals surface area (Å²) in [5.41, 5.74) is 13.6. The Hall–Kier alpha value is -2.40. The van der Waals surface area contributed by atoms with E-state index in [1.54, 1.807) is 25.3 Å². The zero-order valence-corrected chi connectivity index (χ0v) is 12.3. The average molecular weight is 306 g/mol. The molecular weight excluding hydrogens is 290 g/mol. The summed E-state index contributed by atoms with van der Waals surface area (Å²) in [6.45, 7) is 0.490. The number of rotatable bonds is 5. The van der Waals surface area contributed by atoms with Crippen LogP contribution >= 0.6 is 11.6 Å². The van der Waals surface area contributed by atoms with E-state index in [-0.39, 0.29) is 0 Å². The van der Waals surface area contributed by atoms with Gasteiger partial charge in [0.25, 0.3) is 0 Å². The fourth-order valence-corrected chi connectivity index (χ4v) is 2.19. The van der Waals surface area contributed by atoms with Crippen molar-refractivity contribution in [2.45, 2.75) is 6.54 Å². The number of nitrogen functional groups attached to an aromatic ring is 1. The minimum Gasteiger partial charge on any atom is -0.496 e. The Balaban J connectivity index is 2.17. The van der Waals surface area contributed by atoms with Crippen molar-refractivity contribution in [3.8, 4) is 5.75 Å². The number of ether oxygens (including phenoxy) is 1. The third-order valence-corrected chi connectivity index (χ3v) is 3.34. The van der Waals surface area contributed by atoms with Crippen LogP contribution in [-0.4, -0.2) is 13.0 Å². The van der Waals surface area contributed by atoms with Crippen molar-refractivity contribution >= 4 is 28.9 Å². The Labute approximate surface area is 127 Å². The lowest BCUT2D eigenvalue weighted by Crippen LogP contribution is -2.11. The highest BCUT2D eigenvalue weighted by molar-refractivity contribution is 6.33. The van der Waals surface area contributed by atoms with Gasteiger partial charge in [-0.15, -0.1) is 0 Å². The molecule has 5 nitrogen and oxygen atoms in total. The van der Waals surface area contributed by atoms with Gasteiger partial charge in [0.05, 0.1) is 17.8 Å². The summed E-state index contributed by atoms with van der Waals surface area (Å²) in [5.74, 6) is 0.225. The molecule has 2 aromatic rings. The molecule has 0 saturated heterocycles. The fraction of sp³-hybridized carbons (Fsp3) is 0.133. The SMILES string of the molecule is COc1ccc(N)cc1CNc1ccc(C(N)=O)cc1Cl. The molecule has 0 atom stereocenters. The van der Waals surface area contributed by atoms with Crippen molar-refractivity contribution in [2.24, 2.45) is 5.73 Å². The summed E-state index contributed by atoms with van der Waals surface area (Å²) in [5, 5.41) is 3.60. The molecule has 0 bridgehead atoms. The number of hydrogen-bond acceptors (Lipinski definition) is 4. The maximum absolute atomic E-state index is 11.1. The van der Waals surface area contributed by atoms with Crippen molar-refractivity contribution in [3.63, 3.8) is 0 Å². The predicted molar refractivity (Wildman–Crippen MR) is 84.7 cm³/mol. The molecule has 2 rings (SSSR count). The molecule has 0 aliphatic rings. The second-order valence-electron chi connectivity index (χ2n) is 4.48. The lowest BCUT2D eigenvalue weighted by Gasteiger charge is -2.12. The Morgan fingerprint density at radius 3 is 2.67 bits per heavy atom. The van der Waals surface area contributed by atoms with E-state index < -0.39 is 5.91 Å². The molecule has 0 spiro atoms. The summed E-state index contributed by atoms with van der Waals surface area (Å²) in [6, 6.07) is 10.3. The first-order valence-corrected chi connectivity index (χ1v) is 6.64. The molecule has 21 heavy (non-hydrogen) atoms. The third-order valence-electron chi connectivity index (χ3n) is 3.03. The summed E-state index contributed by atoms with van der Waals surface area (Å²) < 4.78 is 5.28. The van der Waals surface area contributed by atoms with Crippen molar-refractivity contribution in [3.05, 3.63) is 52.5 Å². The monoisotopic (exact) mass is 305 g/mol. The highest BCUT2D eigenvalue weighted by Gasteiger charge is 2.07. The van der Waals surface area contributed by atoms with Gasteiger partial charge in [-0.05, 0) is 36.4 Å². The topological polar surface area (TPSA) is 90.4 Å². The molecule has 110 valence electrons. The highest BCUT2D eigenvalue weighted by Crippen LogP contribution is 2.26. The van der Waals surface area contributed by atoms with Crippen LogP contribution in [0.15, 0.2) is 36.4 Å². The van der Waals surface area contributed by atoms with Gasteiger partial charge in [-0.25, -0.2) is 0 Å². The number of halogens is 1. The number of amides is 1. The van der Waals surface area contributed by atoms with Gasteiger partial charge < -0.3 is 21.5 Å². The maximum atomic E-state index is 11.1. The van der Waals surface area contributed by atoms with Crippen LogP contribution in [-0.2, 0) is 6.54 Å². The molecule has 5 N–H and O–H groups in total. The zero-order valence-electron chi connectivity index (χ0n) is 11.5. The van der Waals surface area contributed by atoms with Gasteiger partial charge >= 0.3 is 0 Å². The Bertz CT molecular complexity index is 674. The van der Waals surface area contributed by atoms with Crippen LogP contribution in [0, 0.1) is 0 Å². The minimum atomic E-state index is -0.513. The van der Waals surface area contributed by atoms with E-state index in [1.165, 1.54) is 6.07 Å². The van der Waals surface area contributed by atoms with Gasteiger partial charge in [0.2, 0.25) is 5.91 Å². The predicted octanol–water partition coefficient (Wildman–Crippen LogP) is 2.64. The van der Waals surface area contributed by atoms with E-state index in [0.717, 1.165) is 11.3 Å². The lowest BCUT2D eigenvalue weighted by molar-refractivity contribution is 0.100. The quantitative estimate of drug-likeness (QED) is 0.741. The van der Waals surface area contributed by atoms with Crippen LogP contribution in [0.5, 0.6) is 5.75 Å². The first-order valence-electron chi connectivity index (χ1n) is 6.27. The Morgan fingerprint density at radius 1 is 1.29 bits per heavy atom. The standard InChI is InChI=1S/C15H16ClN3O2/c1-21-14-5-3-11(17)6-10(14)8-19-13-4-2-9(15(18)20)7-12(13)16/h2-7,19H,8,17H2,1H3,(H2,18,20). The van der Waals surface area contributed by atoms with Gasteiger partial charge in [-0.1, -0.05) is 11.6 Å². The second-order valence-corrected chi connectivity index (χ2v) is 4.89.